The van der Waals surface area contributed by atoms with E-state index in [4.69, 9.17) is 5.73 Å². The number of aryl methyl sites for hydroxylation is 1. The zero-order chi connectivity index (χ0) is 14.4. The van der Waals surface area contributed by atoms with Gasteiger partial charge in [0.25, 0.3) is 0 Å². The average Bonchev–Trinajstić information content (AvgIpc) is 2.53. The summed E-state index contributed by atoms with van der Waals surface area (Å²) in [5, 5.41) is 0. The molecule has 0 amide bonds. The Morgan fingerprint density at radius 2 is 1.89 bits per heavy atom. The number of nitrogens with two attached hydrogens (primary N) is 1. The lowest BCUT2D eigenvalue weighted by atomic mass is 9.62. The number of hydrogen-bond acceptors (Lipinski definition) is 1. The van der Waals surface area contributed by atoms with E-state index in [1.807, 2.05) is 13.8 Å². The van der Waals surface area contributed by atoms with Crippen LogP contribution in [0.3, 0.4) is 0 Å². The van der Waals surface area contributed by atoms with Crippen LogP contribution >= 0.6 is 0 Å². The van der Waals surface area contributed by atoms with Gasteiger partial charge in [-0.1, -0.05) is 13.8 Å². The molecular formula is C15H24F2N2. The summed E-state index contributed by atoms with van der Waals surface area (Å²) in [6.07, 6.45) is -0.217. The Hall–Kier alpha value is -0.900. The maximum absolute atomic E-state index is 13.3. The summed E-state index contributed by atoms with van der Waals surface area (Å²) in [4.78, 5) is 0. The van der Waals surface area contributed by atoms with Gasteiger partial charge in [-0.2, -0.15) is 0 Å². The molecule has 0 radical (unpaired) electrons. The zero-order valence-corrected chi connectivity index (χ0v) is 12.3. The summed E-state index contributed by atoms with van der Waals surface area (Å²) in [5.74, 6) is -2.01. The molecule has 0 saturated heterocycles. The summed E-state index contributed by atoms with van der Waals surface area (Å²) in [7, 11) is 0. The number of alkyl halides is 2. The summed E-state index contributed by atoms with van der Waals surface area (Å²) < 4.78 is 28.8. The molecule has 19 heavy (non-hydrogen) atoms. The maximum atomic E-state index is 13.3. The Morgan fingerprint density at radius 3 is 2.32 bits per heavy atom. The number of nitrogens with zero attached hydrogens (tertiary/aromatic N) is 1. The van der Waals surface area contributed by atoms with Crippen LogP contribution in [0, 0.1) is 19.8 Å². The molecule has 1 saturated carbocycles. The second kappa shape index (κ2) is 4.58. The lowest BCUT2D eigenvalue weighted by molar-refractivity contribution is -0.123. The lowest BCUT2D eigenvalue weighted by Crippen LogP contribution is -2.53. The highest BCUT2D eigenvalue weighted by Gasteiger charge is 2.57. The van der Waals surface area contributed by atoms with Crippen LogP contribution < -0.4 is 5.73 Å². The normalized spacial score (nSPS) is 20.6. The molecule has 108 valence electrons. The monoisotopic (exact) mass is 270 g/mol. The molecule has 0 atom stereocenters. The standard InChI is InChI=1S/C15H24F2N2/c1-10(2)6-19-11(3)5-13(12(19)4)14(9-18)7-15(16,17)8-14/h5,10H,6-9,18H2,1-4H3. The number of halogens is 2. The van der Waals surface area contributed by atoms with Crippen molar-refractivity contribution in [1.29, 1.82) is 0 Å². The Balaban J connectivity index is 2.36. The molecule has 1 aliphatic carbocycles. The van der Waals surface area contributed by atoms with Gasteiger partial charge in [0.05, 0.1) is 0 Å². The van der Waals surface area contributed by atoms with Crippen molar-refractivity contribution < 1.29 is 8.78 Å². The van der Waals surface area contributed by atoms with E-state index in [0.717, 1.165) is 23.5 Å². The van der Waals surface area contributed by atoms with E-state index < -0.39 is 11.3 Å². The van der Waals surface area contributed by atoms with Gasteiger partial charge in [-0.15, -0.1) is 0 Å². The summed E-state index contributed by atoms with van der Waals surface area (Å²) in [6, 6.07) is 2.06. The second-order valence-corrected chi connectivity index (χ2v) is 6.48. The van der Waals surface area contributed by atoms with Gasteiger partial charge < -0.3 is 10.3 Å². The van der Waals surface area contributed by atoms with Crippen molar-refractivity contribution in [3.8, 4) is 0 Å². The number of rotatable bonds is 4. The summed E-state index contributed by atoms with van der Waals surface area (Å²) in [6.45, 7) is 9.62. The van der Waals surface area contributed by atoms with Crippen molar-refractivity contribution in [1.82, 2.24) is 4.57 Å². The van der Waals surface area contributed by atoms with Gasteiger partial charge in [-0.25, -0.2) is 8.78 Å². The third-order valence-electron chi connectivity index (χ3n) is 4.28. The van der Waals surface area contributed by atoms with E-state index in [0.29, 0.717) is 12.5 Å². The quantitative estimate of drug-likeness (QED) is 0.893. The van der Waals surface area contributed by atoms with Gasteiger partial charge in [0.15, 0.2) is 0 Å². The van der Waals surface area contributed by atoms with Gasteiger partial charge in [-0.05, 0) is 31.4 Å². The average molecular weight is 270 g/mol. The SMILES string of the molecule is Cc1cc(C2(CN)CC(F)(F)C2)c(C)n1CC(C)C. The first-order valence-corrected chi connectivity index (χ1v) is 6.96. The molecule has 1 aliphatic rings. The highest BCUT2D eigenvalue weighted by atomic mass is 19.3. The Morgan fingerprint density at radius 1 is 1.32 bits per heavy atom. The molecule has 2 nitrogen and oxygen atoms in total. The van der Waals surface area contributed by atoms with Gasteiger partial charge in [0, 0.05) is 42.7 Å². The summed E-state index contributed by atoms with van der Waals surface area (Å²) >= 11 is 0. The zero-order valence-electron chi connectivity index (χ0n) is 12.3. The molecule has 1 aromatic heterocycles. The highest BCUT2D eigenvalue weighted by Crippen LogP contribution is 2.53. The Bertz CT molecular complexity index is 467. The van der Waals surface area contributed by atoms with Crippen molar-refractivity contribution >= 4 is 0 Å². The van der Waals surface area contributed by atoms with Crippen LogP contribution in [0.15, 0.2) is 6.07 Å². The molecular weight excluding hydrogens is 246 g/mol. The van der Waals surface area contributed by atoms with Crippen molar-refractivity contribution in [3.05, 3.63) is 23.0 Å². The first kappa shape index (κ1) is 14.5. The van der Waals surface area contributed by atoms with E-state index >= 15 is 0 Å². The van der Waals surface area contributed by atoms with Crippen LogP contribution in [0.25, 0.3) is 0 Å². The minimum absolute atomic E-state index is 0.109. The molecule has 4 heteroatoms. The first-order valence-electron chi connectivity index (χ1n) is 6.96. The molecule has 1 fully saturated rings. The fourth-order valence-electron chi connectivity index (χ4n) is 3.37. The van der Waals surface area contributed by atoms with Gasteiger partial charge in [-0.3, -0.25) is 0 Å². The largest absolute Gasteiger partial charge is 0.349 e. The smallest absolute Gasteiger partial charge is 0.250 e. The minimum atomic E-state index is -2.54. The molecule has 1 aromatic rings. The number of aromatic nitrogens is 1. The van der Waals surface area contributed by atoms with Crippen LogP contribution in [-0.4, -0.2) is 17.0 Å². The van der Waals surface area contributed by atoms with Crippen molar-refractivity contribution in [2.75, 3.05) is 6.54 Å². The topological polar surface area (TPSA) is 30.9 Å². The van der Waals surface area contributed by atoms with E-state index in [1.165, 1.54) is 0 Å². The van der Waals surface area contributed by atoms with E-state index in [-0.39, 0.29) is 12.8 Å². The van der Waals surface area contributed by atoms with Crippen molar-refractivity contribution in [2.24, 2.45) is 11.7 Å². The molecule has 0 aromatic carbocycles. The molecule has 0 unspecified atom stereocenters. The fourth-order valence-corrected chi connectivity index (χ4v) is 3.37. The van der Waals surface area contributed by atoms with E-state index in [9.17, 15) is 8.78 Å². The predicted molar refractivity (Wildman–Crippen MR) is 73.7 cm³/mol. The van der Waals surface area contributed by atoms with Crippen molar-refractivity contribution in [3.63, 3.8) is 0 Å². The summed E-state index contributed by atoms with van der Waals surface area (Å²) in [5.41, 5.74) is 8.57. The Kier molecular flexibility index (Phi) is 3.50. The van der Waals surface area contributed by atoms with Gasteiger partial charge in [0.1, 0.15) is 0 Å². The first-order chi connectivity index (χ1) is 8.71. The molecule has 1 heterocycles. The Labute approximate surface area is 114 Å². The van der Waals surface area contributed by atoms with Gasteiger partial charge >= 0.3 is 0 Å². The van der Waals surface area contributed by atoms with Crippen LogP contribution in [-0.2, 0) is 12.0 Å². The van der Waals surface area contributed by atoms with E-state index in [2.05, 4.69) is 24.5 Å². The molecule has 0 bridgehead atoms. The second-order valence-electron chi connectivity index (χ2n) is 6.48. The van der Waals surface area contributed by atoms with Crippen molar-refractivity contribution in [2.45, 2.75) is 58.4 Å². The van der Waals surface area contributed by atoms with Crippen LogP contribution in [0.4, 0.5) is 8.78 Å². The molecule has 2 rings (SSSR count). The molecule has 2 N–H and O–H groups in total. The van der Waals surface area contributed by atoms with Crippen LogP contribution in [0.2, 0.25) is 0 Å². The maximum Gasteiger partial charge on any atom is 0.250 e. The lowest BCUT2D eigenvalue weighted by Gasteiger charge is -2.47. The molecule has 0 spiro atoms. The number of hydrogen-bond donors (Lipinski definition) is 1. The van der Waals surface area contributed by atoms with Crippen LogP contribution in [0.1, 0.15) is 43.6 Å². The van der Waals surface area contributed by atoms with Crippen LogP contribution in [0.5, 0.6) is 0 Å². The minimum Gasteiger partial charge on any atom is -0.349 e. The predicted octanol–water partition coefficient (Wildman–Crippen LogP) is 3.39. The molecule has 0 aliphatic heterocycles. The van der Waals surface area contributed by atoms with Gasteiger partial charge in [0.2, 0.25) is 5.92 Å². The van der Waals surface area contributed by atoms with E-state index in [1.54, 1.807) is 0 Å². The fraction of sp³-hybridized carbons (Fsp3) is 0.733. The third-order valence-corrected chi connectivity index (χ3v) is 4.28. The highest BCUT2D eigenvalue weighted by molar-refractivity contribution is 5.38. The third kappa shape index (κ3) is 2.42.